The number of anilines is 1. The highest BCUT2D eigenvalue weighted by Crippen LogP contribution is 2.35. The standard InChI is InChI=1S/C27H30FN5O/c1-18(5-6-19(2)29-3)13-30-27-24-11-22(21-7-9-23(28)10-8-21)12-25(26(24)31-17-32-27)34-16-20-14-33(4)15-20/h5-12,17,20H,1,13-16H2,2-4H3,(H,30,31,32)/b6-5-,29-19?. The zero-order chi connectivity index (χ0) is 24.1. The lowest BCUT2D eigenvalue weighted by atomic mass is 10.0. The molecule has 0 spiro atoms. The smallest absolute Gasteiger partial charge is 0.146 e. The number of allylic oxidation sites excluding steroid dienone is 1. The monoisotopic (exact) mass is 459 g/mol. The van der Waals surface area contributed by atoms with Crippen LogP contribution >= 0.6 is 0 Å². The summed E-state index contributed by atoms with van der Waals surface area (Å²) in [6.07, 6.45) is 5.41. The van der Waals surface area contributed by atoms with E-state index in [2.05, 4.69) is 38.8 Å². The first-order valence-electron chi connectivity index (χ1n) is 11.3. The number of likely N-dealkylation sites (tertiary alicyclic amines) is 1. The Kier molecular flexibility index (Phi) is 7.33. The van der Waals surface area contributed by atoms with E-state index in [1.165, 1.54) is 12.1 Å². The van der Waals surface area contributed by atoms with Crippen LogP contribution < -0.4 is 10.1 Å². The minimum Gasteiger partial charge on any atom is -0.491 e. The van der Waals surface area contributed by atoms with Gasteiger partial charge in [-0.05, 0) is 61.0 Å². The van der Waals surface area contributed by atoms with Crippen LogP contribution in [0.1, 0.15) is 6.92 Å². The maximum Gasteiger partial charge on any atom is 0.146 e. The molecule has 2 aromatic carbocycles. The van der Waals surface area contributed by atoms with Crippen LogP contribution in [-0.2, 0) is 0 Å². The predicted octanol–water partition coefficient (Wildman–Crippen LogP) is 4.99. The van der Waals surface area contributed by atoms with Gasteiger partial charge < -0.3 is 15.0 Å². The largest absolute Gasteiger partial charge is 0.491 e. The number of nitrogens with zero attached hydrogens (tertiary/aromatic N) is 4. The van der Waals surface area contributed by atoms with Crippen LogP contribution in [-0.4, -0.2) is 60.9 Å². The van der Waals surface area contributed by atoms with Gasteiger partial charge >= 0.3 is 0 Å². The SMILES string of the molecule is C=C(/C=C\C(C)=NC)CNc1ncnc2c(OCC3CN(C)C3)cc(-c3ccc(F)cc3)cc12. The van der Waals surface area contributed by atoms with E-state index in [4.69, 9.17) is 4.74 Å². The number of hydrogen-bond acceptors (Lipinski definition) is 6. The molecular formula is C27H30FN5O. The molecular weight excluding hydrogens is 429 g/mol. The van der Waals surface area contributed by atoms with E-state index in [0.29, 0.717) is 30.6 Å². The van der Waals surface area contributed by atoms with Crippen molar-refractivity contribution in [1.29, 1.82) is 0 Å². The highest BCUT2D eigenvalue weighted by Gasteiger charge is 2.24. The Labute approximate surface area is 199 Å². The maximum absolute atomic E-state index is 13.5. The van der Waals surface area contributed by atoms with Gasteiger partial charge in [-0.3, -0.25) is 4.99 Å². The van der Waals surface area contributed by atoms with Crippen molar-refractivity contribution in [2.24, 2.45) is 10.9 Å². The number of ether oxygens (including phenoxy) is 1. The fourth-order valence-electron chi connectivity index (χ4n) is 3.91. The average Bonchev–Trinajstić information content (AvgIpc) is 2.83. The Morgan fingerprint density at radius 2 is 1.97 bits per heavy atom. The van der Waals surface area contributed by atoms with Gasteiger partial charge in [0.15, 0.2) is 0 Å². The van der Waals surface area contributed by atoms with Crippen molar-refractivity contribution < 1.29 is 9.13 Å². The van der Waals surface area contributed by atoms with Gasteiger partial charge in [0.25, 0.3) is 0 Å². The Hall–Kier alpha value is -3.58. The number of aromatic nitrogens is 2. The molecule has 34 heavy (non-hydrogen) atoms. The third-order valence-electron chi connectivity index (χ3n) is 5.89. The second kappa shape index (κ2) is 10.6. The lowest BCUT2D eigenvalue weighted by molar-refractivity contribution is 0.0863. The van der Waals surface area contributed by atoms with Gasteiger partial charge in [-0.15, -0.1) is 0 Å². The molecule has 0 bridgehead atoms. The van der Waals surface area contributed by atoms with Crippen LogP contribution in [0, 0.1) is 11.7 Å². The first-order valence-corrected chi connectivity index (χ1v) is 11.3. The molecule has 0 unspecified atom stereocenters. The molecule has 1 aliphatic rings. The third kappa shape index (κ3) is 5.66. The van der Waals surface area contributed by atoms with E-state index in [1.807, 2.05) is 31.2 Å². The van der Waals surface area contributed by atoms with Crippen LogP contribution in [0.2, 0.25) is 0 Å². The van der Waals surface area contributed by atoms with Crippen molar-refractivity contribution in [2.75, 3.05) is 45.7 Å². The molecule has 0 atom stereocenters. The van der Waals surface area contributed by atoms with Crippen molar-refractivity contribution in [1.82, 2.24) is 14.9 Å². The summed E-state index contributed by atoms with van der Waals surface area (Å²) in [5, 5.41) is 4.21. The molecule has 2 heterocycles. The number of fused-ring (bicyclic) bond motifs is 1. The molecule has 3 aromatic rings. The molecule has 1 saturated heterocycles. The molecule has 0 amide bonds. The van der Waals surface area contributed by atoms with Gasteiger partial charge in [0, 0.05) is 43.7 Å². The number of nitrogens with one attached hydrogen (secondary N) is 1. The van der Waals surface area contributed by atoms with Gasteiger partial charge in [-0.2, -0.15) is 0 Å². The minimum absolute atomic E-state index is 0.268. The van der Waals surface area contributed by atoms with Gasteiger partial charge in [-0.25, -0.2) is 14.4 Å². The highest BCUT2D eigenvalue weighted by molar-refractivity contribution is 5.96. The predicted molar refractivity (Wildman–Crippen MR) is 137 cm³/mol. The van der Waals surface area contributed by atoms with Crippen LogP contribution in [0.15, 0.2) is 72.0 Å². The second-order valence-corrected chi connectivity index (χ2v) is 8.71. The van der Waals surface area contributed by atoms with Crippen molar-refractivity contribution in [3.05, 3.63) is 72.8 Å². The van der Waals surface area contributed by atoms with Crippen LogP contribution in [0.5, 0.6) is 5.75 Å². The molecule has 4 rings (SSSR count). The maximum atomic E-state index is 13.5. The van der Waals surface area contributed by atoms with Crippen molar-refractivity contribution in [3.8, 4) is 16.9 Å². The molecule has 1 N–H and O–H groups in total. The van der Waals surface area contributed by atoms with Crippen molar-refractivity contribution in [2.45, 2.75) is 6.92 Å². The topological polar surface area (TPSA) is 62.6 Å². The molecule has 0 saturated carbocycles. The molecule has 1 aliphatic heterocycles. The van der Waals surface area contributed by atoms with Gasteiger partial charge in [0.2, 0.25) is 0 Å². The first kappa shape index (κ1) is 23.6. The number of halogens is 1. The van der Waals surface area contributed by atoms with E-state index in [9.17, 15) is 4.39 Å². The summed E-state index contributed by atoms with van der Waals surface area (Å²) in [6, 6.07) is 10.4. The normalized spacial score (nSPS) is 15.0. The molecule has 1 fully saturated rings. The van der Waals surface area contributed by atoms with Crippen molar-refractivity contribution in [3.63, 3.8) is 0 Å². The number of benzene rings is 2. The molecule has 0 aliphatic carbocycles. The fourth-order valence-corrected chi connectivity index (χ4v) is 3.91. The summed E-state index contributed by atoms with van der Waals surface area (Å²) in [5.41, 5.74) is 4.38. The molecule has 7 heteroatoms. The summed E-state index contributed by atoms with van der Waals surface area (Å²) >= 11 is 0. The van der Waals surface area contributed by atoms with E-state index in [-0.39, 0.29) is 5.82 Å². The Balaban J connectivity index is 1.65. The summed E-state index contributed by atoms with van der Waals surface area (Å²) in [7, 11) is 3.86. The molecule has 6 nitrogen and oxygen atoms in total. The van der Waals surface area contributed by atoms with Crippen LogP contribution in [0.25, 0.3) is 22.0 Å². The Morgan fingerprint density at radius 1 is 1.21 bits per heavy atom. The molecule has 1 aromatic heterocycles. The lowest BCUT2D eigenvalue weighted by Gasteiger charge is -2.35. The summed E-state index contributed by atoms with van der Waals surface area (Å²) in [6.45, 7) is 9.23. The van der Waals surface area contributed by atoms with Crippen LogP contribution in [0.3, 0.4) is 0 Å². The van der Waals surface area contributed by atoms with E-state index >= 15 is 0 Å². The molecule has 176 valence electrons. The summed E-state index contributed by atoms with van der Waals surface area (Å²) in [4.78, 5) is 15.4. The van der Waals surface area contributed by atoms with Crippen LogP contribution in [0.4, 0.5) is 10.2 Å². The zero-order valence-electron chi connectivity index (χ0n) is 19.9. The Bertz CT molecular complexity index is 1230. The quantitative estimate of drug-likeness (QED) is 0.361. The summed E-state index contributed by atoms with van der Waals surface area (Å²) in [5.74, 6) is 1.62. The van der Waals surface area contributed by atoms with E-state index in [0.717, 1.165) is 46.4 Å². The highest BCUT2D eigenvalue weighted by atomic mass is 19.1. The average molecular weight is 460 g/mol. The number of hydrogen-bond donors (Lipinski definition) is 1. The lowest BCUT2D eigenvalue weighted by Crippen LogP contribution is -2.46. The Morgan fingerprint density at radius 3 is 2.68 bits per heavy atom. The summed E-state index contributed by atoms with van der Waals surface area (Å²) < 4.78 is 19.8. The number of aliphatic imine (C=N–C) groups is 1. The fraction of sp³-hybridized carbons (Fsp3) is 0.296. The van der Waals surface area contributed by atoms with Gasteiger partial charge in [-0.1, -0.05) is 24.8 Å². The van der Waals surface area contributed by atoms with Crippen molar-refractivity contribution >= 4 is 22.4 Å². The number of rotatable bonds is 9. The van der Waals surface area contributed by atoms with E-state index in [1.54, 1.807) is 25.5 Å². The second-order valence-electron chi connectivity index (χ2n) is 8.71. The van der Waals surface area contributed by atoms with E-state index < -0.39 is 0 Å². The third-order valence-corrected chi connectivity index (χ3v) is 5.89. The van der Waals surface area contributed by atoms with Gasteiger partial charge in [0.1, 0.15) is 29.2 Å². The zero-order valence-corrected chi connectivity index (χ0v) is 19.9. The first-order chi connectivity index (χ1) is 16.4. The van der Waals surface area contributed by atoms with Gasteiger partial charge in [0.05, 0.1) is 6.61 Å². The minimum atomic E-state index is -0.268. The molecule has 0 radical (unpaired) electrons.